The molecule has 0 atom stereocenters. The Kier molecular flexibility index (Phi) is 3.38. The zero-order chi connectivity index (χ0) is 13.0. The molecule has 2 aromatic rings. The molecule has 0 unspecified atom stereocenters. The summed E-state index contributed by atoms with van der Waals surface area (Å²) in [7, 11) is 0. The molecule has 0 saturated carbocycles. The standard InChI is InChI=1S/C12H11N3O3/c1-2-6-10-13-11(16)15(14-10)12(17)18-9-7-4-3-5-8-9/h2-8H,1H3,(H,13,14,16). The average Bonchev–Trinajstić information content (AvgIpc) is 2.72. The fraction of sp³-hybridized carbons (Fsp3) is 0.0833. The van der Waals surface area contributed by atoms with Crippen LogP contribution in [0.4, 0.5) is 4.79 Å². The number of carbonyl (C=O) groups excluding carboxylic acids is 1. The number of benzene rings is 1. The van der Waals surface area contributed by atoms with Crippen LogP contribution in [0, 0.1) is 0 Å². The van der Waals surface area contributed by atoms with Gasteiger partial charge in [-0.3, -0.25) is 4.98 Å². The van der Waals surface area contributed by atoms with E-state index in [1.165, 1.54) is 0 Å². The van der Waals surface area contributed by atoms with Gasteiger partial charge in [0.15, 0.2) is 5.82 Å². The number of hydrogen-bond donors (Lipinski definition) is 1. The van der Waals surface area contributed by atoms with Gasteiger partial charge in [0.2, 0.25) is 0 Å². The van der Waals surface area contributed by atoms with Crippen molar-refractivity contribution in [2.75, 3.05) is 0 Å². The summed E-state index contributed by atoms with van der Waals surface area (Å²) in [6, 6.07) is 8.47. The second kappa shape index (κ2) is 5.13. The van der Waals surface area contributed by atoms with Crippen LogP contribution in [-0.4, -0.2) is 20.9 Å². The van der Waals surface area contributed by atoms with E-state index in [1.807, 2.05) is 0 Å². The number of para-hydroxylation sites is 1. The van der Waals surface area contributed by atoms with Gasteiger partial charge in [-0.1, -0.05) is 24.3 Å². The summed E-state index contributed by atoms with van der Waals surface area (Å²) in [6.45, 7) is 1.78. The minimum atomic E-state index is -0.849. The van der Waals surface area contributed by atoms with Crippen LogP contribution in [0.5, 0.6) is 5.75 Å². The predicted molar refractivity (Wildman–Crippen MR) is 65.4 cm³/mol. The summed E-state index contributed by atoms with van der Waals surface area (Å²) in [6.07, 6.45) is 2.43. The molecule has 0 aliphatic rings. The molecule has 92 valence electrons. The molecule has 6 nitrogen and oxygen atoms in total. The third-order valence-electron chi connectivity index (χ3n) is 2.08. The summed E-state index contributed by atoms with van der Waals surface area (Å²) < 4.78 is 5.63. The monoisotopic (exact) mass is 245 g/mol. The van der Waals surface area contributed by atoms with Crippen LogP contribution in [0.1, 0.15) is 12.7 Å². The number of aromatic nitrogens is 3. The van der Waals surface area contributed by atoms with Gasteiger partial charge in [-0.15, -0.1) is 9.78 Å². The molecule has 6 heteroatoms. The number of nitrogens with zero attached hydrogens (tertiary/aromatic N) is 2. The summed E-state index contributed by atoms with van der Waals surface area (Å²) in [5, 5.41) is 3.78. The van der Waals surface area contributed by atoms with E-state index in [-0.39, 0.29) is 0 Å². The summed E-state index contributed by atoms with van der Waals surface area (Å²) in [5.74, 6) is 0.650. The van der Waals surface area contributed by atoms with Gasteiger partial charge >= 0.3 is 11.8 Å². The van der Waals surface area contributed by atoms with Gasteiger partial charge < -0.3 is 4.74 Å². The topological polar surface area (TPSA) is 77.0 Å². The van der Waals surface area contributed by atoms with E-state index in [0.29, 0.717) is 16.3 Å². The number of nitrogens with one attached hydrogen (secondary N) is 1. The fourth-order valence-corrected chi connectivity index (χ4v) is 1.33. The van der Waals surface area contributed by atoms with E-state index in [1.54, 1.807) is 49.4 Å². The SMILES string of the molecule is CC=Cc1nn(C(=O)Oc2ccccc2)c(=O)[nH]1. The molecule has 1 N–H and O–H groups in total. The van der Waals surface area contributed by atoms with E-state index >= 15 is 0 Å². The van der Waals surface area contributed by atoms with Crippen molar-refractivity contribution in [2.24, 2.45) is 0 Å². The maximum atomic E-state index is 11.7. The maximum absolute atomic E-state index is 11.7. The molecule has 2 rings (SSSR count). The van der Waals surface area contributed by atoms with E-state index in [4.69, 9.17) is 4.74 Å². The van der Waals surface area contributed by atoms with Gasteiger partial charge in [0.05, 0.1) is 0 Å². The lowest BCUT2D eigenvalue weighted by Gasteiger charge is -2.01. The molecule has 1 aromatic heterocycles. The Morgan fingerprint density at radius 3 is 2.78 bits per heavy atom. The average molecular weight is 245 g/mol. The molecule has 1 aromatic carbocycles. The molecule has 0 saturated heterocycles. The van der Waals surface area contributed by atoms with Gasteiger partial charge in [0, 0.05) is 0 Å². The van der Waals surface area contributed by atoms with Gasteiger partial charge in [-0.25, -0.2) is 9.59 Å². The molecule has 0 amide bonds. The second-order valence-electron chi connectivity index (χ2n) is 3.41. The highest BCUT2D eigenvalue weighted by molar-refractivity contribution is 5.72. The van der Waals surface area contributed by atoms with Crippen molar-refractivity contribution in [2.45, 2.75) is 6.92 Å². The Bertz CT molecular complexity index is 626. The Balaban J connectivity index is 2.22. The van der Waals surface area contributed by atoms with Crippen molar-refractivity contribution in [1.82, 2.24) is 14.8 Å². The van der Waals surface area contributed by atoms with Crippen molar-refractivity contribution in [3.8, 4) is 5.75 Å². The number of rotatable bonds is 2. The minimum Gasteiger partial charge on any atom is -0.409 e. The van der Waals surface area contributed by atoms with Crippen LogP contribution in [0.15, 0.2) is 41.2 Å². The molecule has 0 radical (unpaired) electrons. The quantitative estimate of drug-likeness (QED) is 0.872. The fourth-order valence-electron chi connectivity index (χ4n) is 1.33. The zero-order valence-corrected chi connectivity index (χ0v) is 9.66. The maximum Gasteiger partial charge on any atom is 0.444 e. The Labute approximate surface area is 103 Å². The third kappa shape index (κ3) is 2.54. The van der Waals surface area contributed by atoms with Crippen molar-refractivity contribution in [3.05, 3.63) is 52.7 Å². The van der Waals surface area contributed by atoms with Gasteiger partial charge in [0.1, 0.15) is 5.75 Å². The molecule has 0 spiro atoms. The summed E-state index contributed by atoms with van der Waals surface area (Å²) >= 11 is 0. The van der Waals surface area contributed by atoms with Gasteiger partial charge in [-0.2, -0.15) is 0 Å². The Hall–Kier alpha value is -2.63. The first-order valence-corrected chi connectivity index (χ1v) is 5.30. The molecule has 18 heavy (non-hydrogen) atoms. The predicted octanol–water partition coefficient (Wildman–Crippen LogP) is 1.65. The van der Waals surface area contributed by atoms with Crippen molar-refractivity contribution in [1.29, 1.82) is 0 Å². The Morgan fingerprint density at radius 1 is 1.39 bits per heavy atom. The first-order valence-electron chi connectivity index (χ1n) is 5.30. The lowest BCUT2D eigenvalue weighted by Crippen LogP contribution is -2.28. The van der Waals surface area contributed by atoms with Crippen LogP contribution in [0.25, 0.3) is 6.08 Å². The van der Waals surface area contributed by atoms with Gasteiger partial charge in [-0.05, 0) is 25.1 Å². The highest BCUT2D eigenvalue weighted by Crippen LogP contribution is 2.08. The summed E-state index contributed by atoms with van der Waals surface area (Å²) in [4.78, 5) is 25.6. The second-order valence-corrected chi connectivity index (χ2v) is 3.41. The number of aromatic amines is 1. The molecular weight excluding hydrogens is 234 g/mol. The molecule has 0 aliphatic carbocycles. The van der Waals surface area contributed by atoms with Gasteiger partial charge in [0.25, 0.3) is 0 Å². The third-order valence-corrected chi connectivity index (χ3v) is 2.08. The first kappa shape index (κ1) is 11.8. The highest BCUT2D eigenvalue weighted by atomic mass is 16.6. The van der Waals surface area contributed by atoms with E-state index in [9.17, 15) is 9.59 Å². The number of allylic oxidation sites excluding steroid dienone is 1. The van der Waals surface area contributed by atoms with Crippen LogP contribution < -0.4 is 10.4 Å². The van der Waals surface area contributed by atoms with Crippen molar-refractivity contribution >= 4 is 12.2 Å². The molecular formula is C12H11N3O3. The van der Waals surface area contributed by atoms with E-state index in [2.05, 4.69) is 10.1 Å². The minimum absolute atomic E-state index is 0.299. The Morgan fingerprint density at radius 2 is 2.11 bits per heavy atom. The number of H-pyrrole nitrogens is 1. The lowest BCUT2D eigenvalue weighted by molar-refractivity contribution is 0.197. The molecule has 1 heterocycles. The van der Waals surface area contributed by atoms with E-state index < -0.39 is 11.8 Å². The first-order chi connectivity index (χ1) is 8.70. The molecule has 0 aliphatic heterocycles. The summed E-state index contributed by atoms with van der Waals surface area (Å²) in [5.41, 5.74) is -0.635. The zero-order valence-electron chi connectivity index (χ0n) is 9.66. The number of carbonyl (C=O) groups is 1. The normalized spacial score (nSPS) is 10.7. The smallest absolute Gasteiger partial charge is 0.409 e. The highest BCUT2D eigenvalue weighted by Gasteiger charge is 2.13. The van der Waals surface area contributed by atoms with Crippen molar-refractivity contribution in [3.63, 3.8) is 0 Å². The van der Waals surface area contributed by atoms with Crippen LogP contribution in [0.2, 0.25) is 0 Å². The largest absolute Gasteiger partial charge is 0.444 e. The molecule has 0 fully saturated rings. The lowest BCUT2D eigenvalue weighted by atomic mass is 10.3. The van der Waals surface area contributed by atoms with Crippen molar-refractivity contribution < 1.29 is 9.53 Å². The number of ether oxygens (including phenoxy) is 1. The van der Waals surface area contributed by atoms with Crippen LogP contribution in [0.3, 0.4) is 0 Å². The van der Waals surface area contributed by atoms with E-state index in [0.717, 1.165) is 0 Å². The van der Waals surface area contributed by atoms with Crippen LogP contribution >= 0.6 is 0 Å². The number of hydrogen-bond acceptors (Lipinski definition) is 4. The molecule has 0 bridgehead atoms. The van der Waals surface area contributed by atoms with Crippen LogP contribution in [-0.2, 0) is 0 Å².